The summed E-state index contributed by atoms with van der Waals surface area (Å²) in [5.74, 6) is -0.204. The quantitative estimate of drug-likeness (QED) is 0.905. The molecule has 2 rings (SSSR count). The van der Waals surface area contributed by atoms with E-state index in [1.165, 1.54) is 6.07 Å². The third-order valence-corrected chi connectivity index (χ3v) is 3.19. The Morgan fingerprint density at radius 2 is 2.11 bits per heavy atom. The van der Waals surface area contributed by atoms with Crippen molar-refractivity contribution in [2.75, 3.05) is 0 Å². The molecule has 3 nitrogen and oxygen atoms in total. The molecule has 2 N–H and O–H groups in total. The third kappa shape index (κ3) is 2.29. The highest BCUT2D eigenvalue weighted by molar-refractivity contribution is 5.32. The lowest BCUT2D eigenvalue weighted by molar-refractivity contribution is 0.615. The Bertz CT molecular complexity index is 560. The van der Waals surface area contributed by atoms with E-state index in [0.29, 0.717) is 5.56 Å². The fourth-order valence-corrected chi connectivity index (χ4v) is 2.04. The molecule has 18 heavy (non-hydrogen) atoms. The Labute approximate surface area is 106 Å². The topological polar surface area (TPSA) is 43.8 Å². The van der Waals surface area contributed by atoms with E-state index in [9.17, 15) is 4.39 Å². The standard InChI is InChI=1S/C14H18FN3/c1-4-11-8-13(18(3)17-11)14(16)10-5-6-12(15)9(2)7-10/h5-8,14H,4,16H2,1-3H3. The van der Waals surface area contributed by atoms with Crippen LogP contribution in [-0.4, -0.2) is 9.78 Å². The van der Waals surface area contributed by atoms with Crippen LogP contribution in [-0.2, 0) is 13.5 Å². The van der Waals surface area contributed by atoms with Gasteiger partial charge in [0.1, 0.15) is 5.82 Å². The molecule has 2 aromatic rings. The normalized spacial score (nSPS) is 12.7. The van der Waals surface area contributed by atoms with Crippen LogP contribution in [0.3, 0.4) is 0 Å². The molecule has 0 saturated carbocycles. The van der Waals surface area contributed by atoms with Gasteiger partial charge in [-0.15, -0.1) is 0 Å². The van der Waals surface area contributed by atoms with Gasteiger partial charge in [-0.1, -0.05) is 19.1 Å². The van der Waals surface area contributed by atoms with Gasteiger partial charge in [-0.2, -0.15) is 5.10 Å². The van der Waals surface area contributed by atoms with Gasteiger partial charge in [0.2, 0.25) is 0 Å². The molecule has 0 spiro atoms. The molecule has 0 radical (unpaired) electrons. The maximum absolute atomic E-state index is 13.2. The molecule has 1 aromatic heterocycles. The van der Waals surface area contributed by atoms with Crippen LogP contribution in [0.25, 0.3) is 0 Å². The van der Waals surface area contributed by atoms with Crippen LogP contribution in [0.15, 0.2) is 24.3 Å². The summed E-state index contributed by atoms with van der Waals surface area (Å²) in [6.45, 7) is 3.80. The molecule has 0 aliphatic carbocycles. The lowest BCUT2D eigenvalue weighted by atomic mass is 10.0. The van der Waals surface area contributed by atoms with Crippen molar-refractivity contribution < 1.29 is 4.39 Å². The molecule has 0 amide bonds. The van der Waals surface area contributed by atoms with Crippen molar-refractivity contribution in [2.24, 2.45) is 12.8 Å². The Morgan fingerprint density at radius 3 is 2.67 bits per heavy atom. The summed E-state index contributed by atoms with van der Waals surface area (Å²) >= 11 is 0. The number of hydrogen-bond acceptors (Lipinski definition) is 2. The summed E-state index contributed by atoms with van der Waals surface area (Å²) in [5.41, 5.74) is 9.69. The first-order valence-electron chi connectivity index (χ1n) is 6.07. The summed E-state index contributed by atoms with van der Waals surface area (Å²) < 4.78 is 15.0. The second kappa shape index (κ2) is 4.90. The zero-order chi connectivity index (χ0) is 13.3. The minimum atomic E-state index is -0.276. The van der Waals surface area contributed by atoms with Crippen molar-refractivity contribution in [3.63, 3.8) is 0 Å². The maximum atomic E-state index is 13.2. The van der Waals surface area contributed by atoms with Crippen LogP contribution in [0, 0.1) is 12.7 Å². The van der Waals surface area contributed by atoms with Crippen LogP contribution in [0.1, 0.15) is 35.5 Å². The molecular weight excluding hydrogens is 229 g/mol. The summed E-state index contributed by atoms with van der Waals surface area (Å²) in [4.78, 5) is 0. The third-order valence-electron chi connectivity index (χ3n) is 3.19. The first-order chi connectivity index (χ1) is 8.52. The fourth-order valence-electron chi connectivity index (χ4n) is 2.04. The maximum Gasteiger partial charge on any atom is 0.126 e. The van der Waals surface area contributed by atoms with Crippen LogP contribution < -0.4 is 5.73 Å². The van der Waals surface area contributed by atoms with Crippen molar-refractivity contribution in [1.29, 1.82) is 0 Å². The smallest absolute Gasteiger partial charge is 0.126 e. The van der Waals surface area contributed by atoms with Crippen LogP contribution in [0.4, 0.5) is 4.39 Å². The minimum absolute atomic E-state index is 0.204. The second-order valence-electron chi connectivity index (χ2n) is 4.52. The Kier molecular flexibility index (Phi) is 3.48. The predicted octanol–water partition coefficient (Wildman–Crippen LogP) is 2.48. The van der Waals surface area contributed by atoms with Crippen LogP contribution in [0.5, 0.6) is 0 Å². The number of hydrogen-bond donors (Lipinski definition) is 1. The molecule has 1 atom stereocenters. The molecule has 1 heterocycles. The number of nitrogens with two attached hydrogens (primary N) is 1. The van der Waals surface area contributed by atoms with Crippen LogP contribution >= 0.6 is 0 Å². The Balaban J connectivity index is 2.37. The molecule has 0 aliphatic rings. The summed E-state index contributed by atoms with van der Waals surface area (Å²) in [5, 5.41) is 4.38. The first kappa shape index (κ1) is 12.8. The van der Waals surface area contributed by atoms with E-state index in [2.05, 4.69) is 12.0 Å². The molecule has 4 heteroatoms. The molecular formula is C14H18FN3. The highest BCUT2D eigenvalue weighted by Crippen LogP contribution is 2.22. The van der Waals surface area contributed by atoms with Crippen molar-refractivity contribution in [2.45, 2.75) is 26.3 Å². The van der Waals surface area contributed by atoms with E-state index in [4.69, 9.17) is 5.73 Å². The zero-order valence-corrected chi connectivity index (χ0v) is 10.9. The molecule has 1 aromatic carbocycles. The molecule has 0 saturated heterocycles. The monoisotopic (exact) mass is 247 g/mol. The second-order valence-corrected chi connectivity index (χ2v) is 4.52. The summed E-state index contributed by atoms with van der Waals surface area (Å²) in [6, 6.07) is 6.71. The first-order valence-corrected chi connectivity index (χ1v) is 6.07. The Morgan fingerprint density at radius 1 is 1.39 bits per heavy atom. The van der Waals surface area contributed by atoms with E-state index in [1.54, 1.807) is 23.7 Å². The van der Waals surface area contributed by atoms with Gasteiger partial charge >= 0.3 is 0 Å². The lowest BCUT2D eigenvalue weighted by Gasteiger charge is -2.13. The van der Waals surface area contributed by atoms with Gasteiger partial charge in [0.15, 0.2) is 0 Å². The number of rotatable bonds is 3. The number of aromatic nitrogens is 2. The summed E-state index contributed by atoms with van der Waals surface area (Å²) in [6.07, 6.45) is 0.878. The Hall–Kier alpha value is -1.68. The number of benzene rings is 1. The van der Waals surface area contributed by atoms with Gasteiger partial charge in [0, 0.05) is 7.05 Å². The minimum Gasteiger partial charge on any atom is -0.319 e. The highest BCUT2D eigenvalue weighted by atomic mass is 19.1. The fraction of sp³-hybridized carbons (Fsp3) is 0.357. The molecule has 0 bridgehead atoms. The van der Waals surface area contributed by atoms with Crippen molar-refractivity contribution in [1.82, 2.24) is 9.78 Å². The van der Waals surface area contributed by atoms with Crippen molar-refractivity contribution in [3.05, 3.63) is 52.6 Å². The van der Waals surface area contributed by atoms with Gasteiger partial charge in [0.25, 0.3) is 0 Å². The van der Waals surface area contributed by atoms with E-state index < -0.39 is 0 Å². The average Bonchev–Trinajstić information content (AvgIpc) is 2.73. The van der Waals surface area contributed by atoms with Crippen molar-refractivity contribution >= 4 is 0 Å². The van der Waals surface area contributed by atoms with E-state index in [1.807, 2.05) is 13.1 Å². The zero-order valence-electron chi connectivity index (χ0n) is 10.9. The van der Waals surface area contributed by atoms with E-state index in [0.717, 1.165) is 23.4 Å². The number of halogens is 1. The molecule has 96 valence electrons. The molecule has 1 unspecified atom stereocenters. The largest absolute Gasteiger partial charge is 0.319 e. The van der Waals surface area contributed by atoms with E-state index >= 15 is 0 Å². The van der Waals surface area contributed by atoms with Gasteiger partial charge < -0.3 is 5.73 Å². The lowest BCUT2D eigenvalue weighted by Crippen LogP contribution is -2.16. The number of aryl methyl sites for hydroxylation is 3. The molecule has 0 aliphatic heterocycles. The predicted molar refractivity (Wildman–Crippen MR) is 69.8 cm³/mol. The SMILES string of the molecule is CCc1cc(C(N)c2ccc(F)c(C)c2)n(C)n1. The molecule has 0 fully saturated rings. The van der Waals surface area contributed by atoms with Gasteiger partial charge in [-0.3, -0.25) is 4.68 Å². The summed E-state index contributed by atoms with van der Waals surface area (Å²) in [7, 11) is 1.88. The van der Waals surface area contributed by atoms with Gasteiger partial charge in [-0.25, -0.2) is 4.39 Å². The van der Waals surface area contributed by atoms with E-state index in [-0.39, 0.29) is 11.9 Å². The van der Waals surface area contributed by atoms with Crippen molar-refractivity contribution in [3.8, 4) is 0 Å². The number of nitrogens with zero attached hydrogens (tertiary/aromatic N) is 2. The average molecular weight is 247 g/mol. The van der Waals surface area contributed by atoms with Gasteiger partial charge in [-0.05, 0) is 36.6 Å². The van der Waals surface area contributed by atoms with Gasteiger partial charge in [0.05, 0.1) is 17.4 Å². The van der Waals surface area contributed by atoms with Crippen LogP contribution in [0.2, 0.25) is 0 Å². The highest BCUT2D eigenvalue weighted by Gasteiger charge is 2.15.